The first-order valence-electron chi connectivity index (χ1n) is 6.75. The smallest absolute Gasteiger partial charge is 0.218 e. The molecule has 0 saturated carbocycles. The van der Waals surface area contributed by atoms with Crippen molar-refractivity contribution in [3.05, 3.63) is 23.5 Å². The summed E-state index contributed by atoms with van der Waals surface area (Å²) in [5.74, 6) is 0.546. The highest BCUT2D eigenvalue weighted by atomic mass is 79.9. The van der Waals surface area contributed by atoms with Crippen LogP contribution in [-0.2, 0) is 4.74 Å². The van der Waals surface area contributed by atoms with Gasteiger partial charge in [-0.15, -0.1) is 5.10 Å². The van der Waals surface area contributed by atoms with Gasteiger partial charge in [-0.05, 0) is 29.8 Å². The molecule has 0 aliphatic carbocycles. The summed E-state index contributed by atoms with van der Waals surface area (Å²) in [6, 6.07) is 0. The molecular formula is C13H15BrN6O2. The summed E-state index contributed by atoms with van der Waals surface area (Å²) in [5, 5.41) is 8.47. The van der Waals surface area contributed by atoms with E-state index in [0.717, 1.165) is 5.56 Å². The third-order valence-electron chi connectivity index (χ3n) is 3.18. The van der Waals surface area contributed by atoms with Gasteiger partial charge < -0.3 is 9.47 Å². The molecule has 3 heterocycles. The van der Waals surface area contributed by atoms with Gasteiger partial charge in [0.25, 0.3) is 0 Å². The van der Waals surface area contributed by atoms with E-state index in [4.69, 9.17) is 9.47 Å². The van der Waals surface area contributed by atoms with Crippen LogP contribution in [0, 0.1) is 0 Å². The van der Waals surface area contributed by atoms with Crippen LogP contribution in [0.5, 0.6) is 5.75 Å². The van der Waals surface area contributed by atoms with Crippen LogP contribution in [0.2, 0.25) is 0 Å². The Morgan fingerprint density at radius 2 is 2.23 bits per heavy atom. The van der Waals surface area contributed by atoms with E-state index in [2.05, 4.69) is 36.1 Å². The molecule has 8 nitrogen and oxygen atoms in total. The quantitative estimate of drug-likeness (QED) is 0.689. The number of hydrogen-bond donors (Lipinski definition) is 0. The Bertz CT molecular complexity index is 799. The Labute approximate surface area is 135 Å². The van der Waals surface area contributed by atoms with Crippen molar-refractivity contribution >= 4 is 21.6 Å². The number of fused-ring (bicyclic) bond motifs is 1. The molecule has 0 aliphatic rings. The predicted octanol–water partition coefficient (Wildman–Crippen LogP) is 2.31. The first kappa shape index (κ1) is 14.9. The van der Waals surface area contributed by atoms with Crippen molar-refractivity contribution < 1.29 is 9.47 Å². The van der Waals surface area contributed by atoms with Crippen molar-refractivity contribution in [2.45, 2.75) is 20.1 Å². The molecular weight excluding hydrogens is 352 g/mol. The lowest BCUT2D eigenvalue weighted by atomic mass is 10.2. The standard InChI is InChI=1S/C13H15BrN6O2/c1-4-22-8(2)19-6-9(5-16-19)10-11(21-3)12-17-13(14)18-20(12)7-15-10/h5-8H,4H2,1-3H3. The van der Waals surface area contributed by atoms with Crippen LogP contribution < -0.4 is 4.74 Å². The minimum Gasteiger partial charge on any atom is -0.491 e. The lowest BCUT2D eigenvalue weighted by Gasteiger charge is -2.11. The van der Waals surface area contributed by atoms with E-state index in [0.29, 0.717) is 28.4 Å². The summed E-state index contributed by atoms with van der Waals surface area (Å²) in [6.45, 7) is 4.50. The predicted molar refractivity (Wildman–Crippen MR) is 82.6 cm³/mol. The van der Waals surface area contributed by atoms with Gasteiger partial charge in [0, 0.05) is 18.4 Å². The molecule has 3 rings (SSSR count). The highest BCUT2D eigenvalue weighted by molar-refractivity contribution is 9.10. The molecule has 0 spiro atoms. The van der Waals surface area contributed by atoms with Crippen molar-refractivity contribution in [3.8, 4) is 17.0 Å². The number of methoxy groups -OCH3 is 1. The maximum Gasteiger partial charge on any atom is 0.218 e. The highest BCUT2D eigenvalue weighted by Gasteiger charge is 2.17. The van der Waals surface area contributed by atoms with Crippen molar-refractivity contribution in [3.63, 3.8) is 0 Å². The maximum absolute atomic E-state index is 5.52. The van der Waals surface area contributed by atoms with Crippen molar-refractivity contribution in [1.29, 1.82) is 0 Å². The molecule has 0 aliphatic heterocycles. The summed E-state index contributed by atoms with van der Waals surface area (Å²) in [5.41, 5.74) is 2.07. The van der Waals surface area contributed by atoms with Crippen molar-refractivity contribution in [2.24, 2.45) is 0 Å². The summed E-state index contributed by atoms with van der Waals surface area (Å²) >= 11 is 3.25. The maximum atomic E-state index is 5.52. The molecule has 0 radical (unpaired) electrons. The summed E-state index contributed by atoms with van der Waals surface area (Å²) in [6.07, 6.45) is 5.04. The van der Waals surface area contributed by atoms with Crippen LogP contribution in [0.25, 0.3) is 16.9 Å². The average Bonchev–Trinajstić information content (AvgIpc) is 3.11. The first-order chi connectivity index (χ1) is 10.6. The Hall–Kier alpha value is -2.00. The average molecular weight is 367 g/mol. The third-order valence-corrected chi connectivity index (χ3v) is 3.52. The van der Waals surface area contributed by atoms with Gasteiger partial charge in [-0.25, -0.2) is 9.67 Å². The molecule has 0 aromatic carbocycles. The van der Waals surface area contributed by atoms with Gasteiger partial charge in [0.15, 0.2) is 5.75 Å². The van der Waals surface area contributed by atoms with Crippen LogP contribution in [0.1, 0.15) is 20.1 Å². The molecule has 116 valence electrons. The second-order valence-corrected chi connectivity index (χ2v) is 5.25. The minimum absolute atomic E-state index is 0.143. The Kier molecular flexibility index (Phi) is 4.08. The lowest BCUT2D eigenvalue weighted by Crippen LogP contribution is -2.09. The molecule has 0 amide bonds. The van der Waals surface area contributed by atoms with Gasteiger partial charge in [0.1, 0.15) is 18.2 Å². The van der Waals surface area contributed by atoms with Gasteiger partial charge in [-0.1, -0.05) is 0 Å². The van der Waals surface area contributed by atoms with E-state index in [1.807, 2.05) is 20.0 Å². The summed E-state index contributed by atoms with van der Waals surface area (Å²) < 4.78 is 14.8. The fraction of sp³-hybridized carbons (Fsp3) is 0.385. The van der Waals surface area contributed by atoms with E-state index in [1.54, 1.807) is 28.8 Å². The zero-order valence-corrected chi connectivity index (χ0v) is 14.0. The second kappa shape index (κ2) is 6.01. The van der Waals surface area contributed by atoms with E-state index < -0.39 is 0 Å². The summed E-state index contributed by atoms with van der Waals surface area (Å²) in [7, 11) is 1.58. The zero-order chi connectivity index (χ0) is 15.7. The monoisotopic (exact) mass is 366 g/mol. The van der Waals surface area contributed by atoms with Crippen LogP contribution in [0.4, 0.5) is 0 Å². The number of halogens is 1. The van der Waals surface area contributed by atoms with E-state index in [9.17, 15) is 0 Å². The SMILES string of the molecule is CCOC(C)n1cc(-c2ncn3nc(Br)nc3c2OC)cn1. The van der Waals surface area contributed by atoms with E-state index >= 15 is 0 Å². The normalized spacial score (nSPS) is 12.7. The number of rotatable bonds is 5. The van der Waals surface area contributed by atoms with Gasteiger partial charge in [-0.3, -0.25) is 0 Å². The molecule has 1 unspecified atom stereocenters. The molecule has 1 atom stereocenters. The minimum atomic E-state index is -0.143. The first-order valence-corrected chi connectivity index (χ1v) is 7.54. The fourth-order valence-corrected chi connectivity index (χ4v) is 2.52. The van der Waals surface area contributed by atoms with Crippen LogP contribution in [-0.4, -0.2) is 43.1 Å². The molecule has 9 heteroatoms. The summed E-state index contributed by atoms with van der Waals surface area (Å²) in [4.78, 5) is 8.69. The van der Waals surface area contributed by atoms with Crippen LogP contribution >= 0.6 is 15.9 Å². The van der Waals surface area contributed by atoms with Gasteiger partial charge in [0.05, 0.1) is 13.3 Å². The van der Waals surface area contributed by atoms with E-state index in [-0.39, 0.29) is 6.23 Å². The number of hydrogen-bond acceptors (Lipinski definition) is 6. The molecule has 0 saturated heterocycles. The van der Waals surface area contributed by atoms with Crippen molar-refractivity contribution in [1.82, 2.24) is 29.4 Å². The Morgan fingerprint density at radius 3 is 2.95 bits per heavy atom. The van der Waals surface area contributed by atoms with Crippen molar-refractivity contribution in [2.75, 3.05) is 13.7 Å². The number of aromatic nitrogens is 6. The van der Waals surface area contributed by atoms with Gasteiger partial charge in [-0.2, -0.15) is 14.6 Å². The topological polar surface area (TPSA) is 79.4 Å². The van der Waals surface area contributed by atoms with E-state index in [1.165, 1.54) is 0 Å². The largest absolute Gasteiger partial charge is 0.491 e. The number of nitrogens with zero attached hydrogens (tertiary/aromatic N) is 6. The fourth-order valence-electron chi connectivity index (χ4n) is 2.18. The Morgan fingerprint density at radius 1 is 1.41 bits per heavy atom. The lowest BCUT2D eigenvalue weighted by molar-refractivity contribution is 0.0160. The van der Waals surface area contributed by atoms with Crippen LogP contribution in [0.3, 0.4) is 0 Å². The zero-order valence-electron chi connectivity index (χ0n) is 12.4. The number of ether oxygens (including phenoxy) is 2. The Balaban J connectivity index is 2.06. The molecule has 0 N–H and O–H groups in total. The van der Waals surface area contributed by atoms with Gasteiger partial charge in [0.2, 0.25) is 10.4 Å². The second-order valence-electron chi connectivity index (χ2n) is 4.54. The van der Waals surface area contributed by atoms with Crippen LogP contribution in [0.15, 0.2) is 23.5 Å². The van der Waals surface area contributed by atoms with Gasteiger partial charge >= 0.3 is 0 Å². The molecule has 0 bridgehead atoms. The molecule has 3 aromatic heterocycles. The molecule has 0 fully saturated rings. The highest BCUT2D eigenvalue weighted by Crippen LogP contribution is 2.31. The molecule has 22 heavy (non-hydrogen) atoms. The third kappa shape index (κ3) is 2.57. The molecule has 3 aromatic rings.